The molecular weight excluding hydrogens is 538 g/mol. The standard InChI is InChI=1S/C41H37NO2/c43-33(25-32-18-17-30-15-13-26-7-5-9-28-19-22-34(32)40(30)38(26)28)11-3-1-2-4-12-37(44)42-36-24-21-31-16-14-27-8-6-10-29-20-23-35(36)41(31)39(27)29/h5-10,13-15,18-24,38-39H,1-4,11-12,16-17,25H2,(H,42,44). The molecule has 0 saturated heterocycles. The summed E-state index contributed by atoms with van der Waals surface area (Å²) < 4.78 is 0. The van der Waals surface area contributed by atoms with Crippen LogP contribution in [0.25, 0.3) is 6.08 Å². The van der Waals surface area contributed by atoms with Gasteiger partial charge in [-0.2, -0.15) is 0 Å². The SMILES string of the molecule is O=C(CCCCCCC(=O)Nc1ccc2c3c1C=CC1=CC=CC(=CC2)C13)CC1=CCC2=CC=C3C=CC=C4C=CC1=C2C43. The fourth-order valence-electron chi connectivity index (χ4n) is 8.03. The third-order valence-electron chi connectivity index (χ3n) is 10.2. The summed E-state index contributed by atoms with van der Waals surface area (Å²) in [6, 6.07) is 4.25. The van der Waals surface area contributed by atoms with Crippen molar-refractivity contribution >= 4 is 23.5 Å². The lowest BCUT2D eigenvalue weighted by molar-refractivity contribution is -0.118. The molecule has 0 heterocycles. The van der Waals surface area contributed by atoms with E-state index in [0.717, 1.165) is 49.8 Å². The van der Waals surface area contributed by atoms with Gasteiger partial charge in [-0.25, -0.2) is 0 Å². The molecule has 1 aromatic rings. The van der Waals surface area contributed by atoms with E-state index in [0.29, 0.717) is 36.9 Å². The van der Waals surface area contributed by atoms with E-state index in [1.165, 1.54) is 55.7 Å². The van der Waals surface area contributed by atoms with Gasteiger partial charge >= 0.3 is 0 Å². The third kappa shape index (κ3) is 4.76. The Morgan fingerprint density at radius 1 is 0.705 bits per heavy atom. The van der Waals surface area contributed by atoms with Gasteiger partial charge in [0.25, 0.3) is 0 Å². The maximum absolute atomic E-state index is 13.0. The molecule has 1 aromatic carbocycles. The highest BCUT2D eigenvalue weighted by atomic mass is 16.1. The normalized spacial score (nSPS) is 22.6. The number of benzene rings is 1. The molecule has 0 saturated carbocycles. The summed E-state index contributed by atoms with van der Waals surface area (Å²) >= 11 is 0. The summed E-state index contributed by atoms with van der Waals surface area (Å²) in [6.45, 7) is 0. The first-order valence-electron chi connectivity index (χ1n) is 16.3. The minimum absolute atomic E-state index is 0.0713. The molecule has 2 atom stereocenters. The second-order valence-corrected chi connectivity index (χ2v) is 12.9. The number of allylic oxidation sites excluding steroid dienone is 21. The maximum atomic E-state index is 13.0. The van der Waals surface area contributed by atoms with Crippen molar-refractivity contribution in [3.63, 3.8) is 0 Å². The van der Waals surface area contributed by atoms with Crippen molar-refractivity contribution in [2.24, 2.45) is 5.92 Å². The van der Waals surface area contributed by atoms with Crippen LogP contribution in [0.15, 0.2) is 136 Å². The molecule has 8 rings (SSSR count). The van der Waals surface area contributed by atoms with Crippen LogP contribution in [0, 0.1) is 5.92 Å². The molecule has 0 aromatic heterocycles. The number of carbonyl (C=O) groups excluding carboxylic acids is 2. The fourth-order valence-corrected chi connectivity index (χ4v) is 8.03. The molecule has 2 unspecified atom stereocenters. The van der Waals surface area contributed by atoms with Crippen LogP contribution in [-0.4, -0.2) is 11.7 Å². The summed E-state index contributed by atoms with van der Waals surface area (Å²) in [6.07, 6.45) is 38.2. The Morgan fingerprint density at radius 2 is 1.48 bits per heavy atom. The van der Waals surface area contributed by atoms with Crippen molar-refractivity contribution in [2.75, 3.05) is 5.32 Å². The lowest BCUT2D eigenvalue weighted by atomic mass is 9.67. The van der Waals surface area contributed by atoms with Crippen LogP contribution in [0.3, 0.4) is 0 Å². The third-order valence-corrected chi connectivity index (χ3v) is 10.2. The molecule has 44 heavy (non-hydrogen) atoms. The second-order valence-electron chi connectivity index (χ2n) is 12.9. The molecule has 1 amide bonds. The molecule has 0 radical (unpaired) electrons. The van der Waals surface area contributed by atoms with Crippen molar-refractivity contribution in [3.05, 3.63) is 152 Å². The second kappa shape index (κ2) is 11.2. The van der Waals surface area contributed by atoms with E-state index in [2.05, 4.69) is 103 Å². The average molecular weight is 576 g/mol. The van der Waals surface area contributed by atoms with Gasteiger partial charge in [-0.05, 0) is 87.5 Å². The number of unbranched alkanes of at least 4 members (excludes halogenated alkanes) is 3. The van der Waals surface area contributed by atoms with Crippen LogP contribution < -0.4 is 5.32 Å². The fraction of sp³-hybridized carbons (Fsp3) is 0.268. The molecule has 3 nitrogen and oxygen atoms in total. The zero-order valence-corrected chi connectivity index (χ0v) is 25.1. The first kappa shape index (κ1) is 27.1. The first-order valence-corrected chi connectivity index (χ1v) is 16.3. The van der Waals surface area contributed by atoms with E-state index in [-0.39, 0.29) is 5.91 Å². The van der Waals surface area contributed by atoms with Gasteiger partial charge in [0, 0.05) is 42.3 Å². The number of hydrogen-bond acceptors (Lipinski definition) is 2. The number of anilines is 1. The molecule has 7 aliphatic rings. The van der Waals surface area contributed by atoms with Crippen LogP contribution in [0.4, 0.5) is 5.69 Å². The van der Waals surface area contributed by atoms with E-state index < -0.39 is 0 Å². The minimum atomic E-state index is 0.0713. The Kier molecular flexibility index (Phi) is 6.90. The van der Waals surface area contributed by atoms with Gasteiger partial charge < -0.3 is 5.32 Å². The van der Waals surface area contributed by atoms with Crippen molar-refractivity contribution < 1.29 is 9.59 Å². The molecule has 218 valence electrons. The highest BCUT2D eigenvalue weighted by Crippen LogP contribution is 2.49. The molecule has 0 bridgehead atoms. The maximum Gasteiger partial charge on any atom is 0.224 e. The molecule has 0 fully saturated rings. The molecule has 1 N–H and O–H groups in total. The van der Waals surface area contributed by atoms with Gasteiger partial charge in [-0.15, -0.1) is 0 Å². The zero-order valence-electron chi connectivity index (χ0n) is 25.1. The van der Waals surface area contributed by atoms with Gasteiger partial charge in [0.2, 0.25) is 5.91 Å². The van der Waals surface area contributed by atoms with Gasteiger partial charge in [-0.3, -0.25) is 9.59 Å². The van der Waals surface area contributed by atoms with Crippen LogP contribution in [0.5, 0.6) is 0 Å². The molecule has 7 aliphatic carbocycles. The largest absolute Gasteiger partial charge is 0.326 e. The highest BCUT2D eigenvalue weighted by Gasteiger charge is 2.34. The van der Waals surface area contributed by atoms with Gasteiger partial charge in [0.05, 0.1) is 0 Å². The van der Waals surface area contributed by atoms with E-state index in [1.54, 1.807) is 0 Å². The smallest absolute Gasteiger partial charge is 0.224 e. The summed E-state index contributed by atoms with van der Waals surface area (Å²) in [5.74, 6) is 1.01. The summed E-state index contributed by atoms with van der Waals surface area (Å²) in [4.78, 5) is 25.9. The number of carbonyl (C=O) groups is 2. The monoisotopic (exact) mass is 575 g/mol. The van der Waals surface area contributed by atoms with E-state index in [9.17, 15) is 9.59 Å². The average Bonchev–Trinajstić information content (AvgIpc) is 3.05. The number of nitrogens with one attached hydrogen (secondary N) is 1. The van der Waals surface area contributed by atoms with Crippen LogP contribution >= 0.6 is 0 Å². The van der Waals surface area contributed by atoms with Crippen molar-refractivity contribution in [1.29, 1.82) is 0 Å². The molecule has 0 spiro atoms. The minimum Gasteiger partial charge on any atom is -0.326 e. The Hall–Kier alpha value is -4.50. The Bertz CT molecular complexity index is 1840. The Labute approximate surface area is 259 Å². The van der Waals surface area contributed by atoms with Crippen molar-refractivity contribution in [1.82, 2.24) is 0 Å². The molecule has 0 aliphatic heterocycles. The van der Waals surface area contributed by atoms with E-state index in [4.69, 9.17) is 0 Å². The van der Waals surface area contributed by atoms with Gasteiger partial charge in [0.1, 0.15) is 5.78 Å². The lowest BCUT2D eigenvalue weighted by Gasteiger charge is -2.36. The highest BCUT2D eigenvalue weighted by molar-refractivity contribution is 5.94. The zero-order chi connectivity index (χ0) is 29.6. The Balaban J connectivity index is 0.806. The molecule has 3 heteroatoms. The Morgan fingerprint density at radius 3 is 2.36 bits per heavy atom. The summed E-state index contributed by atoms with van der Waals surface area (Å²) in [7, 11) is 0. The number of Topliss-reactive ketones (excluding diaryl/α,β-unsaturated/α-hetero) is 1. The molecular formula is C41H37NO2. The summed E-state index contributed by atoms with van der Waals surface area (Å²) in [5.41, 5.74) is 15.4. The van der Waals surface area contributed by atoms with Crippen molar-refractivity contribution in [3.8, 4) is 0 Å². The number of rotatable bonds is 10. The van der Waals surface area contributed by atoms with Crippen LogP contribution in [0.1, 0.15) is 74.0 Å². The predicted molar refractivity (Wildman–Crippen MR) is 179 cm³/mol. The van der Waals surface area contributed by atoms with E-state index in [1.807, 2.05) is 0 Å². The van der Waals surface area contributed by atoms with Gasteiger partial charge in [0.15, 0.2) is 0 Å². The van der Waals surface area contributed by atoms with Crippen LogP contribution in [-0.2, 0) is 16.0 Å². The van der Waals surface area contributed by atoms with Crippen molar-refractivity contribution in [2.45, 2.75) is 63.7 Å². The number of amides is 1. The predicted octanol–water partition coefficient (Wildman–Crippen LogP) is 9.19. The van der Waals surface area contributed by atoms with E-state index >= 15 is 0 Å². The first-order chi connectivity index (χ1) is 21.6. The van der Waals surface area contributed by atoms with Crippen LogP contribution in [0.2, 0.25) is 0 Å². The van der Waals surface area contributed by atoms with Gasteiger partial charge in [-0.1, -0.05) is 104 Å². The summed E-state index contributed by atoms with van der Waals surface area (Å²) in [5, 5.41) is 3.20. The lowest BCUT2D eigenvalue weighted by Crippen LogP contribution is -2.22. The number of ketones is 1. The quantitative estimate of drug-likeness (QED) is 0.283. The topological polar surface area (TPSA) is 46.2 Å². The number of hydrogen-bond donors (Lipinski definition) is 1.